The molecule has 6 heavy (non-hydrogen) atoms. The van der Waals surface area contributed by atoms with Crippen molar-refractivity contribution in [3.63, 3.8) is 0 Å². The number of hydrogen-bond donors (Lipinski definition) is 0. The third-order valence-electron chi connectivity index (χ3n) is 0. The predicted molar refractivity (Wildman–Crippen MR) is 12.2 cm³/mol. The summed E-state index contributed by atoms with van der Waals surface area (Å²) in [5.74, 6) is 0. The Bertz CT molecular complexity index is 33.8. The summed E-state index contributed by atoms with van der Waals surface area (Å²) in [4.78, 5) is 17.0. The van der Waals surface area contributed by atoms with E-state index in [1.807, 2.05) is 0 Å². The third-order valence-corrected chi connectivity index (χ3v) is 0. The summed E-state index contributed by atoms with van der Waals surface area (Å²) >= 11 is 0. The Labute approximate surface area is 62.8 Å². The molecule has 0 amide bonds. The molecule has 0 bridgehead atoms. The van der Waals surface area contributed by atoms with E-state index in [9.17, 15) is 0 Å². The van der Waals surface area contributed by atoms with E-state index in [1.54, 1.807) is 0 Å². The quantitative estimate of drug-likeness (QED) is 0.418. The molecule has 0 aromatic heterocycles. The Balaban J connectivity index is -0.0000000450. The van der Waals surface area contributed by atoms with Crippen molar-refractivity contribution in [2.45, 2.75) is 0 Å². The van der Waals surface area contributed by atoms with Crippen molar-refractivity contribution < 1.29 is 26.5 Å². The van der Waals surface area contributed by atoms with Gasteiger partial charge in [-0.3, -0.25) is 0 Å². The van der Waals surface area contributed by atoms with Crippen LogP contribution in [-0.2, 0) is 4.46 Å². The second-order valence-electron chi connectivity index (χ2n) is 0.250. The van der Waals surface area contributed by atoms with Crippen molar-refractivity contribution in [3.05, 3.63) is 0 Å². The van der Waals surface area contributed by atoms with Crippen LogP contribution in [0.25, 0.3) is 0 Å². The largest absolute Gasteiger partial charge is 1.00 e. The van der Waals surface area contributed by atoms with Crippen LogP contribution in [-0.4, -0.2) is 36.5 Å². The normalized spacial score (nSPS) is 4.00. The van der Waals surface area contributed by atoms with E-state index < -0.39 is 9.17 Å². The van der Waals surface area contributed by atoms with Crippen LogP contribution in [0.4, 0.5) is 0 Å². The molecular weight excluding hydrogens is 319 g/mol. The van der Waals surface area contributed by atoms with Gasteiger partial charge in [0.25, 0.3) is 0 Å². The standard InChI is InChI=1S/ClH.O3Si.Pb/c;1-4(2)3;/h1H;;/q;-2;/p-1. The summed E-state index contributed by atoms with van der Waals surface area (Å²) in [5.41, 5.74) is 0. The van der Waals surface area contributed by atoms with Crippen molar-refractivity contribution in [2.75, 3.05) is 0 Å². The van der Waals surface area contributed by atoms with E-state index >= 15 is 0 Å². The Hall–Kier alpha value is 0.829. The molecule has 36 valence electrons. The van der Waals surface area contributed by atoms with Crippen LogP contribution in [0.1, 0.15) is 0 Å². The summed E-state index contributed by atoms with van der Waals surface area (Å²) in [7, 11) is -3.63. The van der Waals surface area contributed by atoms with Crippen molar-refractivity contribution >= 4 is 36.5 Å². The minimum atomic E-state index is -3.63. The van der Waals surface area contributed by atoms with Crippen LogP contribution < -0.4 is 22.0 Å². The molecule has 0 spiro atoms. The molecular formula is ClO3PbSi-3. The minimum absolute atomic E-state index is 0. The van der Waals surface area contributed by atoms with Gasteiger partial charge in [0.05, 0.1) is 0 Å². The molecule has 0 rings (SSSR count). The van der Waals surface area contributed by atoms with Crippen molar-refractivity contribution in [1.29, 1.82) is 0 Å². The summed E-state index contributed by atoms with van der Waals surface area (Å²) < 4.78 is 8.52. The van der Waals surface area contributed by atoms with E-state index in [0.717, 1.165) is 0 Å². The smallest absolute Gasteiger partial charge is 0.0172 e. The first-order valence-electron chi connectivity index (χ1n) is 0.612. The fourth-order valence-electron chi connectivity index (χ4n) is 0. The number of halogens is 1. The maximum atomic E-state index is 8.52. The molecule has 0 aliphatic heterocycles. The van der Waals surface area contributed by atoms with E-state index in [0.29, 0.717) is 0 Å². The summed E-state index contributed by atoms with van der Waals surface area (Å²) in [6.07, 6.45) is 0. The predicted octanol–water partition coefficient (Wildman–Crippen LogP) is -6.25. The van der Waals surface area contributed by atoms with Gasteiger partial charge < -0.3 is 26.5 Å². The van der Waals surface area contributed by atoms with Crippen LogP contribution in [0.15, 0.2) is 0 Å². The van der Waals surface area contributed by atoms with Gasteiger partial charge in [-0.2, -0.15) is 0 Å². The van der Waals surface area contributed by atoms with Gasteiger partial charge in [0.1, 0.15) is 0 Å². The average molecular weight is 319 g/mol. The van der Waals surface area contributed by atoms with Crippen LogP contribution in [0.2, 0.25) is 0 Å². The summed E-state index contributed by atoms with van der Waals surface area (Å²) in [6, 6.07) is 0. The molecule has 0 aliphatic carbocycles. The molecule has 0 heterocycles. The maximum absolute atomic E-state index is 8.52. The molecule has 6 heteroatoms. The van der Waals surface area contributed by atoms with Crippen molar-refractivity contribution in [3.8, 4) is 0 Å². The van der Waals surface area contributed by atoms with Crippen LogP contribution in [0.3, 0.4) is 0 Å². The molecule has 0 atom stereocenters. The van der Waals surface area contributed by atoms with Gasteiger partial charge in [-0.25, -0.2) is 0 Å². The first-order valence-corrected chi connectivity index (χ1v) is 1.84. The van der Waals surface area contributed by atoms with Gasteiger partial charge in [0.15, 0.2) is 0 Å². The van der Waals surface area contributed by atoms with E-state index in [4.69, 9.17) is 14.1 Å². The van der Waals surface area contributed by atoms with Gasteiger partial charge in [-0.05, 0) is 0 Å². The first kappa shape index (κ1) is 15.8. The van der Waals surface area contributed by atoms with Gasteiger partial charge in [-0.15, -0.1) is 0 Å². The monoisotopic (exact) mass is 319 g/mol. The third kappa shape index (κ3) is 103. The van der Waals surface area contributed by atoms with Crippen LogP contribution in [0.5, 0.6) is 0 Å². The molecule has 4 radical (unpaired) electrons. The zero-order valence-electron chi connectivity index (χ0n) is 2.60. The number of hydrogen-bond acceptors (Lipinski definition) is 3. The SMILES string of the molecule is O=[Si]([O-])[O-].[Cl-].[Pb]. The Kier molecular flexibility index (Phi) is 24.5. The minimum Gasteiger partial charge on any atom is -1.00 e. The molecule has 0 N–H and O–H groups in total. The van der Waals surface area contributed by atoms with Gasteiger partial charge in [-0.1, -0.05) is 0 Å². The Morgan fingerprint density at radius 2 is 1.33 bits per heavy atom. The van der Waals surface area contributed by atoms with Gasteiger partial charge in [0.2, 0.25) is 0 Å². The van der Waals surface area contributed by atoms with Crippen LogP contribution >= 0.6 is 0 Å². The average Bonchev–Trinajstić information content (AvgIpc) is 0.811. The Morgan fingerprint density at radius 1 is 1.33 bits per heavy atom. The molecule has 0 saturated heterocycles. The van der Waals surface area contributed by atoms with E-state index in [-0.39, 0.29) is 39.7 Å². The van der Waals surface area contributed by atoms with E-state index in [2.05, 4.69) is 0 Å². The summed E-state index contributed by atoms with van der Waals surface area (Å²) in [5, 5.41) is 0. The van der Waals surface area contributed by atoms with Crippen molar-refractivity contribution in [2.24, 2.45) is 0 Å². The second-order valence-corrected chi connectivity index (χ2v) is 0.750. The zero-order chi connectivity index (χ0) is 3.58. The molecule has 0 saturated carbocycles. The van der Waals surface area contributed by atoms with Gasteiger partial charge >= 0.3 is 0 Å². The van der Waals surface area contributed by atoms with Gasteiger partial charge in [0, 0.05) is 36.5 Å². The zero-order valence-corrected chi connectivity index (χ0v) is 8.25. The van der Waals surface area contributed by atoms with E-state index in [1.165, 1.54) is 0 Å². The summed E-state index contributed by atoms with van der Waals surface area (Å²) in [6.45, 7) is 0. The maximum Gasteiger partial charge on any atom is 0.0172 e. The molecule has 0 aromatic rings. The van der Waals surface area contributed by atoms with Crippen molar-refractivity contribution in [1.82, 2.24) is 0 Å². The van der Waals surface area contributed by atoms with Crippen LogP contribution in [0, 0.1) is 0 Å². The molecule has 0 fully saturated rings. The topological polar surface area (TPSA) is 63.2 Å². The molecule has 0 aliphatic rings. The molecule has 0 unspecified atom stereocenters. The first-order chi connectivity index (χ1) is 1.73. The molecule has 0 aromatic carbocycles. The Morgan fingerprint density at radius 3 is 1.33 bits per heavy atom. The second kappa shape index (κ2) is 9.27. The molecule has 3 nitrogen and oxygen atoms in total. The fraction of sp³-hybridized carbons (Fsp3) is 0. The number of rotatable bonds is 0. The fourth-order valence-corrected chi connectivity index (χ4v) is 0.